The highest BCUT2D eigenvalue weighted by Crippen LogP contribution is 2.36. The Hall–Kier alpha value is -1.07. The van der Waals surface area contributed by atoms with Crippen LogP contribution < -0.4 is 5.73 Å². The monoisotopic (exact) mass is 252 g/mol. The summed E-state index contributed by atoms with van der Waals surface area (Å²) in [6.07, 6.45) is 0.850. The lowest BCUT2D eigenvalue weighted by molar-refractivity contribution is 0.201. The van der Waals surface area contributed by atoms with Crippen LogP contribution in [0.4, 0.5) is 5.69 Å². The van der Waals surface area contributed by atoms with Crippen LogP contribution in [-0.4, -0.2) is 36.9 Å². The van der Waals surface area contributed by atoms with Gasteiger partial charge in [0.2, 0.25) is 0 Å². The van der Waals surface area contributed by atoms with Crippen LogP contribution in [0.15, 0.2) is 24.3 Å². The molecule has 0 aromatic heterocycles. The molecule has 5 heteroatoms. The molecule has 3 saturated heterocycles. The molecule has 0 saturated carbocycles. The Labute approximate surface area is 101 Å². The third kappa shape index (κ3) is 1.73. The van der Waals surface area contributed by atoms with Crippen molar-refractivity contribution in [2.75, 3.05) is 18.8 Å². The summed E-state index contributed by atoms with van der Waals surface area (Å²) < 4.78 is 23.3. The van der Waals surface area contributed by atoms with Gasteiger partial charge in [0.1, 0.15) is 0 Å². The van der Waals surface area contributed by atoms with Gasteiger partial charge in [0, 0.05) is 25.3 Å². The molecular weight excluding hydrogens is 236 g/mol. The number of sulfone groups is 1. The van der Waals surface area contributed by atoms with E-state index in [1.807, 2.05) is 24.3 Å². The van der Waals surface area contributed by atoms with Gasteiger partial charge in [0.15, 0.2) is 9.84 Å². The summed E-state index contributed by atoms with van der Waals surface area (Å²) in [6, 6.07) is 7.77. The fourth-order valence-electron chi connectivity index (χ4n) is 2.77. The molecule has 1 aromatic carbocycles. The van der Waals surface area contributed by atoms with Gasteiger partial charge in [-0.15, -0.1) is 0 Å². The van der Waals surface area contributed by atoms with Crippen molar-refractivity contribution >= 4 is 15.5 Å². The molecule has 3 aliphatic rings. The third-order valence-electron chi connectivity index (χ3n) is 3.83. The molecule has 0 amide bonds. The summed E-state index contributed by atoms with van der Waals surface area (Å²) >= 11 is 0. The van der Waals surface area contributed by atoms with Crippen LogP contribution in [0.5, 0.6) is 0 Å². The zero-order valence-corrected chi connectivity index (χ0v) is 10.4. The fourth-order valence-corrected chi connectivity index (χ4v) is 4.79. The maximum Gasteiger partial charge on any atom is 0.158 e. The Bertz CT molecular complexity index is 523. The quantitative estimate of drug-likeness (QED) is 0.785. The van der Waals surface area contributed by atoms with Crippen molar-refractivity contribution in [2.24, 2.45) is 0 Å². The molecule has 2 N–H and O–H groups in total. The van der Waals surface area contributed by atoms with Gasteiger partial charge in [-0.1, -0.05) is 18.2 Å². The van der Waals surface area contributed by atoms with Gasteiger partial charge in [-0.3, -0.25) is 4.90 Å². The average Bonchev–Trinajstić information content (AvgIpc) is 2.32. The van der Waals surface area contributed by atoms with Gasteiger partial charge in [-0.2, -0.15) is 0 Å². The highest BCUT2D eigenvalue weighted by Gasteiger charge is 2.51. The Morgan fingerprint density at radius 2 is 1.88 bits per heavy atom. The van der Waals surface area contributed by atoms with E-state index in [0.717, 1.165) is 24.2 Å². The molecule has 3 heterocycles. The van der Waals surface area contributed by atoms with Crippen molar-refractivity contribution in [2.45, 2.75) is 23.5 Å². The number of hydrogen-bond donors (Lipinski definition) is 1. The largest absolute Gasteiger partial charge is 0.398 e. The molecule has 4 rings (SSSR count). The number of nitrogens with zero attached hydrogens (tertiary/aromatic N) is 1. The summed E-state index contributed by atoms with van der Waals surface area (Å²) in [5.74, 6) is 0. The molecule has 2 atom stereocenters. The molecule has 2 bridgehead atoms. The minimum absolute atomic E-state index is 0.133. The van der Waals surface area contributed by atoms with E-state index < -0.39 is 9.84 Å². The molecular formula is C12H16N2O2S. The lowest BCUT2D eigenvalue weighted by Crippen LogP contribution is -2.61. The number of fused-ring (bicyclic) bond motifs is 2. The first kappa shape index (κ1) is 11.0. The van der Waals surface area contributed by atoms with Crippen LogP contribution in [-0.2, 0) is 16.4 Å². The smallest absolute Gasteiger partial charge is 0.158 e. The van der Waals surface area contributed by atoms with E-state index >= 15 is 0 Å². The highest BCUT2D eigenvalue weighted by molar-refractivity contribution is 7.94. The van der Waals surface area contributed by atoms with E-state index in [1.165, 1.54) is 0 Å². The molecule has 0 radical (unpaired) electrons. The molecule has 3 aliphatic heterocycles. The molecule has 3 fully saturated rings. The van der Waals surface area contributed by atoms with Crippen molar-refractivity contribution in [3.63, 3.8) is 0 Å². The zero-order valence-electron chi connectivity index (χ0n) is 9.54. The highest BCUT2D eigenvalue weighted by atomic mass is 32.2. The van der Waals surface area contributed by atoms with Crippen LogP contribution in [0.2, 0.25) is 0 Å². The summed E-state index contributed by atoms with van der Waals surface area (Å²) in [5.41, 5.74) is 7.77. The van der Waals surface area contributed by atoms with Gasteiger partial charge in [0.25, 0.3) is 0 Å². The van der Waals surface area contributed by atoms with E-state index in [9.17, 15) is 8.42 Å². The zero-order chi connectivity index (χ0) is 12.0. The van der Waals surface area contributed by atoms with E-state index in [0.29, 0.717) is 13.1 Å². The normalized spacial score (nSPS) is 30.8. The van der Waals surface area contributed by atoms with Crippen molar-refractivity contribution in [1.29, 1.82) is 0 Å². The van der Waals surface area contributed by atoms with Gasteiger partial charge in [-0.05, 0) is 18.1 Å². The Morgan fingerprint density at radius 1 is 1.24 bits per heavy atom. The topological polar surface area (TPSA) is 63.4 Å². The number of benzene rings is 1. The second kappa shape index (κ2) is 3.71. The van der Waals surface area contributed by atoms with Crippen molar-refractivity contribution in [1.82, 2.24) is 4.90 Å². The third-order valence-corrected chi connectivity index (χ3v) is 6.37. The number of rotatable bonds is 2. The second-order valence-electron chi connectivity index (χ2n) is 4.96. The van der Waals surface area contributed by atoms with E-state index in [2.05, 4.69) is 4.90 Å². The lowest BCUT2D eigenvalue weighted by Gasteiger charge is -2.46. The van der Waals surface area contributed by atoms with E-state index in [4.69, 9.17) is 5.73 Å². The SMILES string of the molecule is Nc1ccccc1CN1CC2CC(C1)S2(=O)=O. The fraction of sp³-hybridized carbons (Fsp3) is 0.500. The van der Waals surface area contributed by atoms with E-state index in [-0.39, 0.29) is 10.5 Å². The summed E-state index contributed by atoms with van der Waals surface area (Å²) in [4.78, 5) is 2.20. The van der Waals surface area contributed by atoms with Crippen LogP contribution >= 0.6 is 0 Å². The minimum Gasteiger partial charge on any atom is -0.398 e. The number of nitrogen functional groups attached to an aromatic ring is 1. The van der Waals surface area contributed by atoms with Gasteiger partial charge >= 0.3 is 0 Å². The average molecular weight is 252 g/mol. The maximum atomic E-state index is 11.6. The standard InChI is InChI=1S/C12H16N2O2S/c13-12-4-2-1-3-9(12)6-14-7-10-5-11(8-14)17(10,15)16/h1-4,10-11H,5-8,13H2. The van der Waals surface area contributed by atoms with Crippen LogP contribution in [0.1, 0.15) is 12.0 Å². The van der Waals surface area contributed by atoms with Crippen molar-refractivity contribution < 1.29 is 8.42 Å². The summed E-state index contributed by atoms with van der Waals surface area (Å²) in [5, 5.41) is -0.266. The number of piperidine rings is 1. The number of para-hydroxylation sites is 1. The molecule has 0 aliphatic carbocycles. The molecule has 0 spiro atoms. The lowest BCUT2D eigenvalue weighted by atomic mass is 10.1. The molecule has 1 aromatic rings. The summed E-state index contributed by atoms with van der Waals surface area (Å²) in [7, 11) is -2.77. The molecule has 2 unspecified atom stereocenters. The van der Waals surface area contributed by atoms with Gasteiger partial charge < -0.3 is 5.73 Å². The van der Waals surface area contributed by atoms with Crippen LogP contribution in [0.3, 0.4) is 0 Å². The number of nitrogens with two attached hydrogens (primary N) is 1. The van der Waals surface area contributed by atoms with Gasteiger partial charge in [0.05, 0.1) is 10.5 Å². The first-order valence-electron chi connectivity index (χ1n) is 5.86. The van der Waals surface area contributed by atoms with Crippen molar-refractivity contribution in [3.8, 4) is 0 Å². The second-order valence-corrected chi connectivity index (χ2v) is 7.47. The van der Waals surface area contributed by atoms with Crippen molar-refractivity contribution in [3.05, 3.63) is 29.8 Å². The van der Waals surface area contributed by atoms with Crippen LogP contribution in [0, 0.1) is 0 Å². The maximum absolute atomic E-state index is 11.6. The first-order chi connectivity index (χ1) is 8.07. The Balaban J connectivity index is 1.72. The Kier molecular flexibility index (Phi) is 2.41. The van der Waals surface area contributed by atoms with Gasteiger partial charge in [-0.25, -0.2) is 8.42 Å². The molecule has 4 nitrogen and oxygen atoms in total. The number of anilines is 1. The summed E-state index contributed by atoms with van der Waals surface area (Å²) in [6.45, 7) is 2.08. The minimum atomic E-state index is -2.77. The Morgan fingerprint density at radius 3 is 2.47 bits per heavy atom. The molecule has 17 heavy (non-hydrogen) atoms. The number of hydrogen-bond acceptors (Lipinski definition) is 4. The van der Waals surface area contributed by atoms with E-state index in [1.54, 1.807) is 0 Å². The first-order valence-corrected chi connectivity index (χ1v) is 7.47. The van der Waals surface area contributed by atoms with Crippen LogP contribution in [0.25, 0.3) is 0 Å². The predicted octanol–water partition coefficient (Wildman–Crippen LogP) is 0.640. The molecule has 92 valence electrons. The predicted molar refractivity (Wildman–Crippen MR) is 67.2 cm³/mol.